The Bertz CT molecular complexity index is 771. The van der Waals surface area contributed by atoms with Gasteiger partial charge in [-0.1, -0.05) is 29.8 Å². The first-order valence-corrected chi connectivity index (χ1v) is 6.10. The molecule has 0 saturated heterocycles. The molecular weight excluding hydrogens is 262 g/mol. The highest BCUT2D eigenvalue weighted by atomic mass is 35.5. The number of benzene rings is 2. The van der Waals surface area contributed by atoms with Crippen LogP contribution < -0.4 is 0 Å². The third-order valence-corrected chi connectivity index (χ3v) is 3.39. The fourth-order valence-corrected chi connectivity index (χ4v) is 2.34. The monoisotopic (exact) mass is 271 g/mol. The van der Waals surface area contributed by atoms with Crippen molar-refractivity contribution in [3.8, 4) is 22.6 Å². The van der Waals surface area contributed by atoms with E-state index < -0.39 is 0 Å². The number of aromatic hydroxyl groups is 2. The molecule has 0 saturated carbocycles. The summed E-state index contributed by atoms with van der Waals surface area (Å²) in [6.07, 6.45) is 1.62. The third-order valence-electron chi connectivity index (χ3n) is 2.98. The van der Waals surface area contributed by atoms with Crippen LogP contribution in [-0.2, 0) is 0 Å². The Morgan fingerprint density at radius 1 is 0.947 bits per heavy atom. The Labute approximate surface area is 114 Å². The molecule has 3 rings (SSSR count). The van der Waals surface area contributed by atoms with Crippen LogP contribution >= 0.6 is 11.6 Å². The van der Waals surface area contributed by atoms with Gasteiger partial charge >= 0.3 is 0 Å². The minimum absolute atomic E-state index is 0.130. The molecule has 1 heterocycles. The van der Waals surface area contributed by atoms with E-state index in [4.69, 9.17) is 11.6 Å². The number of para-hydroxylation sites is 1. The Kier molecular flexibility index (Phi) is 2.76. The Morgan fingerprint density at radius 2 is 1.74 bits per heavy atom. The topological polar surface area (TPSA) is 53.4 Å². The molecule has 2 aromatic carbocycles. The van der Waals surface area contributed by atoms with Gasteiger partial charge in [-0.3, -0.25) is 4.98 Å². The molecule has 0 bridgehead atoms. The predicted molar refractivity (Wildman–Crippen MR) is 75.5 cm³/mol. The number of rotatable bonds is 1. The van der Waals surface area contributed by atoms with Crippen molar-refractivity contribution in [2.75, 3.05) is 0 Å². The van der Waals surface area contributed by atoms with Gasteiger partial charge in [0.1, 0.15) is 11.5 Å². The van der Waals surface area contributed by atoms with Crippen molar-refractivity contribution in [3.63, 3.8) is 0 Å². The molecule has 3 aromatic rings. The summed E-state index contributed by atoms with van der Waals surface area (Å²) < 4.78 is 0. The first-order chi connectivity index (χ1) is 9.16. The summed E-state index contributed by atoms with van der Waals surface area (Å²) in [6.45, 7) is 0. The van der Waals surface area contributed by atoms with Crippen molar-refractivity contribution in [1.29, 1.82) is 0 Å². The van der Waals surface area contributed by atoms with Crippen molar-refractivity contribution in [2.24, 2.45) is 0 Å². The third kappa shape index (κ3) is 1.98. The minimum Gasteiger partial charge on any atom is -0.508 e. The maximum atomic E-state index is 9.88. The lowest BCUT2D eigenvalue weighted by Crippen LogP contribution is -1.86. The van der Waals surface area contributed by atoms with E-state index in [1.165, 1.54) is 0 Å². The van der Waals surface area contributed by atoms with Gasteiger partial charge < -0.3 is 10.2 Å². The Morgan fingerprint density at radius 3 is 2.53 bits per heavy atom. The van der Waals surface area contributed by atoms with Crippen LogP contribution in [0.5, 0.6) is 11.5 Å². The van der Waals surface area contributed by atoms with E-state index in [0.717, 1.165) is 0 Å². The highest BCUT2D eigenvalue weighted by molar-refractivity contribution is 6.38. The second-order valence-electron chi connectivity index (χ2n) is 4.20. The van der Waals surface area contributed by atoms with Crippen LogP contribution in [0.3, 0.4) is 0 Å². The molecule has 0 aliphatic carbocycles. The lowest BCUT2D eigenvalue weighted by molar-refractivity contribution is 0.476. The summed E-state index contributed by atoms with van der Waals surface area (Å²) in [7, 11) is 0. The summed E-state index contributed by atoms with van der Waals surface area (Å²) in [5, 5.41) is 20.5. The summed E-state index contributed by atoms with van der Waals surface area (Å²) in [4.78, 5) is 4.29. The molecule has 94 valence electrons. The quantitative estimate of drug-likeness (QED) is 0.704. The van der Waals surface area contributed by atoms with Crippen LogP contribution in [-0.4, -0.2) is 15.2 Å². The van der Waals surface area contributed by atoms with E-state index in [1.807, 2.05) is 6.07 Å². The van der Waals surface area contributed by atoms with Crippen LogP contribution in [0.25, 0.3) is 22.0 Å². The molecule has 0 atom stereocenters. The van der Waals surface area contributed by atoms with E-state index in [-0.39, 0.29) is 11.5 Å². The molecule has 1 aromatic heterocycles. The second-order valence-corrected chi connectivity index (χ2v) is 4.58. The van der Waals surface area contributed by atoms with Gasteiger partial charge in [0, 0.05) is 22.7 Å². The molecule has 0 spiro atoms. The van der Waals surface area contributed by atoms with E-state index in [2.05, 4.69) is 4.98 Å². The van der Waals surface area contributed by atoms with Gasteiger partial charge in [-0.15, -0.1) is 0 Å². The number of hydrogen-bond acceptors (Lipinski definition) is 3. The molecular formula is C15H10ClNO2. The summed E-state index contributed by atoms with van der Waals surface area (Å²) in [6, 6.07) is 11.8. The number of aromatic nitrogens is 1. The predicted octanol–water partition coefficient (Wildman–Crippen LogP) is 3.97. The minimum atomic E-state index is 0.130. The highest BCUT2D eigenvalue weighted by Gasteiger charge is 2.12. The Balaban J connectivity index is 2.32. The molecule has 0 aliphatic rings. The summed E-state index contributed by atoms with van der Waals surface area (Å²) >= 11 is 6.36. The fraction of sp³-hybridized carbons (Fsp3) is 0. The molecule has 0 unspecified atom stereocenters. The van der Waals surface area contributed by atoms with Gasteiger partial charge in [-0.05, 0) is 24.3 Å². The fourth-order valence-electron chi connectivity index (χ4n) is 2.04. The molecule has 3 nitrogen and oxygen atoms in total. The van der Waals surface area contributed by atoms with Crippen molar-refractivity contribution in [2.45, 2.75) is 0 Å². The zero-order valence-corrected chi connectivity index (χ0v) is 10.6. The van der Waals surface area contributed by atoms with Gasteiger partial charge in [0.25, 0.3) is 0 Å². The second kappa shape index (κ2) is 4.44. The number of phenolic OH excluding ortho intramolecular Hbond substituents is 2. The average molecular weight is 272 g/mol. The van der Waals surface area contributed by atoms with Crippen LogP contribution in [0.4, 0.5) is 0 Å². The van der Waals surface area contributed by atoms with E-state index in [9.17, 15) is 10.2 Å². The summed E-state index contributed by atoms with van der Waals surface area (Å²) in [5.41, 5.74) is 1.95. The van der Waals surface area contributed by atoms with Crippen molar-refractivity contribution in [3.05, 3.63) is 53.7 Å². The number of pyridine rings is 1. The number of hydrogen-bond donors (Lipinski definition) is 2. The maximum absolute atomic E-state index is 9.88. The normalized spacial score (nSPS) is 10.8. The van der Waals surface area contributed by atoms with Crippen molar-refractivity contribution in [1.82, 2.24) is 4.98 Å². The smallest absolute Gasteiger partial charge is 0.123 e. The van der Waals surface area contributed by atoms with Crippen LogP contribution in [0, 0.1) is 0 Å². The van der Waals surface area contributed by atoms with Crippen molar-refractivity contribution < 1.29 is 10.2 Å². The lowest BCUT2D eigenvalue weighted by atomic mass is 10.0. The first-order valence-electron chi connectivity index (χ1n) is 5.72. The SMILES string of the molecule is Oc1ccc2ncc(-c3ccccc3O)c(Cl)c2c1. The Hall–Kier alpha value is -2.26. The zero-order valence-electron chi connectivity index (χ0n) is 9.84. The lowest BCUT2D eigenvalue weighted by Gasteiger charge is -2.09. The van der Waals surface area contributed by atoms with E-state index in [0.29, 0.717) is 27.1 Å². The molecule has 19 heavy (non-hydrogen) atoms. The number of halogens is 1. The first kappa shape index (κ1) is 11.8. The molecule has 0 fully saturated rings. The van der Waals surface area contributed by atoms with Gasteiger partial charge in [-0.2, -0.15) is 0 Å². The van der Waals surface area contributed by atoms with E-state index in [1.54, 1.807) is 42.6 Å². The summed E-state index contributed by atoms with van der Waals surface area (Å²) in [5.74, 6) is 0.274. The zero-order chi connectivity index (χ0) is 13.4. The molecule has 0 amide bonds. The van der Waals surface area contributed by atoms with Gasteiger partial charge in [0.2, 0.25) is 0 Å². The molecule has 2 N–H and O–H groups in total. The average Bonchev–Trinajstić information content (AvgIpc) is 2.41. The van der Waals surface area contributed by atoms with Gasteiger partial charge in [0.15, 0.2) is 0 Å². The van der Waals surface area contributed by atoms with Crippen molar-refractivity contribution >= 4 is 22.5 Å². The molecule has 0 radical (unpaired) electrons. The van der Waals surface area contributed by atoms with Gasteiger partial charge in [0.05, 0.1) is 10.5 Å². The van der Waals surface area contributed by atoms with Crippen LogP contribution in [0.15, 0.2) is 48.7 Å². The van der Waals surface area contributed by atoms with E-state index >= 15 is 0 Å². The number of fused-ring (bicyclic) bond motifs is 1. The van der Waals surface area contributed by atoms with Crippen LogP contribution in [0.1, 0.15) is 0 Å². The van der Waals surface area contributed by atoms with Crippen LogP contribution in [0.2, 0.25) is 5.02 Å². The maximum Gasteiger partial charge on any atom is 0.123 e. The number of nitrogens with zero attached hydrogens (tertiary/aromatic N) is 1. The van der Waals surface area contributed by atoms with Gasteiger partial charge in [-0.25, -0.2) is 0 Å². The largest absolute Gasteiger partial charge is 0.508 e. The standard InChI is InChI=1S/C15H10ClNO2/c16-15-11-7-9(18)5-6-13(11)17-8-12(15)10-3-1-2-4-14(10)19/h1-8,18-19H. The molecule has 0 aliphatic heterocycles. The number of phenols is 2. The highest BCUT2D eigenvalue weighted by Crippen LogP contribution is 2.37. The molecule has 4 heteroatoms.